The second-order valence-corrected chi connectivity index (χ2v) is 12.7. The highest BCUT2D eigenvalue weighted by molar-refractivity contribution is 6.17. The second kappa shape index (κ2) is 9.35. The van der Waals surface area contributed by atoms with Crippen LogP contribution in [-0.4, -0.2) is 14.7 Å². The van der Waals surface area contributed by atoms with Crippen LogP contribution in [0.2, 0.25) is 0 Å². The molecule has 1 atom stereocenters. The average molecular weight is 591 g/mol. The van der Waals surface area contributed by atoms with E-state index in [2.05, 4.69) is 168 Å². The zero-order valence-corrected chi connectivity index (χ0v) is 25.4. The van der Waals surface area contributed by atoms with E-state index in [9.17, 15) is 0 Å². The Kier molecular flexibility index (Phi) is 5.19. The molecule has 3 nitrogen and oxygen atoms in total. The Balaban J connectivity index is 1.19. The summed E-state index contributed by atoms with van der Waals surface area (Å²) in [4.78, 5) is 0. The molecule has 0 fully saturated rings. The second-order valence-electron chi connectivity index (χ2n) is 12.7. The van der Waals surface area contributed by atoms with Crippen molar-refractivity contribution < 1.29 is 4.74 Å². The van der Waals surface area contributed by atoms with Gasteiger partial charge in [-0.2, -0.15) is 0 Å². The molecule has 46 heavy (non-hydrogen) atoms. The highest BCUT2D eigenvalue weighted by atomic mass is 16.5. The molecule has 0 amide bonds. The maximum Gasteiger partial charge on any atom is 0.135 e. The first-order chi connectivity index (χ1) is 22.7. The Morgan fingerprint density at radius 1 is 0.565 bits per heavy atom. The fourth-order valence-corrected chi connectivity index (χ4v) is 7.94. The molecule has 1 unspecified atom stereocenters. The van der Waals surface area contributed by atoms with Gasteiger partial charge in [0.2, 0.25) is 0 Å². The lowest BCUT2D eigenvalue weighted by Gasteiger charge is -2.29. The number of aromatic nitrogens is 2. The number of allylic oxidation sites excluding steroid dienone is 2. The SMILES string of the molecule is CC12CC=C(n3c4ccccc4c4cc(-c5cccc6c5c5ccccc5n6-c5ccccc5)ccc43)C=C1c1ccccc1O2. The van der Waals surface area contributed by atoms with E-state index in [1.165, 1.54) is 77.3 Å². The molecule has 0 bridgehead atoms. The number of benzene rings is 6. The number of fused-ring (bicyclic) bond motifs is 9. The maximum atomic E-state index is 6.48. The van der Waals surface area contributed by atoms with Crippen LogP contribution in [0.3, 0.4) is 0 Å². The predicted molar refractivity (Wildman–Crippen MR) is 192 cm³/mol. The number of rotatable bonds is 3. The van der Waals surface area contributed by atoms with Crippen molar-refractivity contribution in [3.63, 3.8) is 0 Å². The van der Waals surface area contributed by atoms with Crippen LogP contribution in [-0.2, 0) is 0 Å². The summed E-state index contributed by atoms with van der Waals surface area (Å²) in [6, 6.07) is 50.4. The van der Waals surface area contributed by atoms with E-state index in [1.54, 1.807) is 0 Å². The third kappa shape index (κ3) is 3.48. The van der Waals surface area contributed by atoms with E-state index < -0.39 is 0 Å². The number of ether oxygens (including phenoxy) is 1. The molecule has 2 aliphatic rings. The van der Waals surface area contributed by atoms with E-state index in [4.69, 9.17) is 4.74 Å². The highest BCUT2D eigenvalue weighted by Crippen LogP contribution is 2.50. The molecular formula is C43H30N2O. The van der Waals surface area contributed by atoms with Gasteiger partial charge in [0.25, 0.3) is 0 Å². The third-order valence-electron chi connectivity index (χ3n) is 10.0. The smallest absolute Gasteiger partial charge is 0.135 e. The van der Waals surface area contributed by atoms with Gasteiger partial charge in [-0.3, -0.25) is 0 Å². The summed E-state index contributed by atoms with van der Waals surface area (Å²) in [5.41, 5.74) is 11.8. The average Bonchev–Trinajstić information content (AvgIpc) is 3.73. The summed E-state index contributed by atoms with van der Waals surface area (Å²) in [6.45, 7) is 2.21. The van der Waals surface area contributed by atoms with Crippen LogP contribution in [0, 0.1) is 0 Å². The fraction of sp³-hybridized carbons (Fsp3) is 0.0698. The van der Waals surface area contributed by atoms with E-state index in [0.717, 1.165) is 12.2 Å². The van der Waals surface area contributed by atoms with Crippen LogP contribution < -0.4 is 4.74 Å². The van der Waals surface area contributed by atoms with Crippen LogP contribution in [0.1, 0.15) is 18.9 Å². The monoisotopic (exact) mass is 590 g/mol. The quantitative estimate of drug-likeness (QED) is 0.200. The van der Waals surface area contributed by atoms with Crippen LogP contribution >= 0.6 is 0 Å². The minimum Gasteiger partial charge on any atom is -0.482 e. The minimum absolute atomic E-state index is 0.337. The van der Waals surface area contributed by atoms with Crippen LogP contribution in [0.25, 0.3) is 71.7 Å². The molecule has 8 aromatic rings. The molecule has 10 rings (SSSR count). The van der Waals surface area contributed by atoms with Crippen molar-refractivity contribution >= 4 is 54.9 Å². The van der Waals surface area contributed by atoms with Crippen molar-refractivity contribution in [1.82, 2.24) is 9.13 Å². The van der Waals surface area contributed by atoms with Crippen LogP contribution in [0.5, 0.6) is 5.75 Å². The molecule has 218 valence electrons. The zero-order valence-electron chi connectivity index (χ0n) is 25.4. The Labute approximate surface area is 266 Å². The summed E-state index contributed by atoms with van der Waals surface area (Å²) in [5.74, 6) is 0.973. The molecule has 0 N–H and O–H groups in total. The molecule has 0 radical (unpaired) electrons. The molecule has 0 saturated heterocycles. The van der Waals surface area contributed by atoms with E-state index >= 15 is 0 Å². The number of para-hydroxylation sites is 4. The summed E-state index contributed by atoms with van der Waals surface area (Å²) < 4.78 is 11.3. The first-order valence-electron chi connectivity index (χ1n) is 16.0. The molecule has 2 aromatic heterocycles. The van der Waals surface area contributed by atoms with Crippen molar-refractivity contribution in [2.75, 3.05) is 0 Å². The minimum atomic E-state index is -0.337. The third-order valence-corrected chi connectivity index (χ3v) is 10.0. The topological polar surface area (TPSA) is 19.1 Å². The number of hydrogen-bond acceptors (Lipinski definition) is 1. The van der Waals surface area contributed by atoms with Gasteiger partial charge in [-0.25, -0.2) is 0 Å². The van der Waals surface area contributed by atoms with Crippen molar-refractivity contribution in [3.8, 4) is 22.6 Å². The van der Waals surface area contributed by atoms with Gasteiger partial charge >= 0.3 is 0 Å². The fourth-order valence-electron chi connectivity index (χ4n) is 7.94. The van der Waals surface area contributed by atoms with Gasteiger partial charge in [-0.05, 0) is 72.7 Å². The lowest BCUT2D eigenvalue weighted by molar-refractivity contribution is 0.170. The summed E-state index contributed by atoms with van der Waals surface area (Å²) in [6.07, 6.45) is 5.51. The number of hydrogen-bond donors (Lipinski definition) is 0. The molecule has 3 heteroatoms. The van der Waals surface area contributed by atoms with Crippen LogP contribution in [0.15, 0.2) is 152 Å². The molecule has 1 aliphatic carbocycles. The van der Waals surface area contributed by atoms with Gasteiger partial charge in [0.05, 0.1) is 22.1 Å². The van der Waals surface area contributed by atoms with Gasteiger partial charge in [0.15, 0.2) is 0 Å². The number of nitrogens with zero attached hydrogens (tertiary/aromatic N) is 2. The van der Waals surface area contributed by atoms with Crippen molar-refractivity contribution in [2.24, 2.45) is 0 Å². The van der Waals surface area contributed by atoms with E-state index in [-0.39, 0.29) is 5.60 Å². The molecule has 3 heterocycles. The molecule has 0 saturated carbocycles. The predicted octanol–water partition coefficient (Wildman–Crippen LogP) is 11.0. The summed E-state index contributed by atoms with van der Waals surface area (Å²) in [7, 11) is 0. The maximum absolute atomic E-state index is 6.48. The summed E-state index contributed by atoms with van der Waals surface area (Å²) in [5, 5.41) is 5.06. The Morgan fingerprint density at radius 2 is 1.24 bits per heavy atom. The summed E-state index contributed by atoms with van der Waals surface area (Å²) >= 11 is 0. The molecule has 1 aliphatic heterocycles. The van der Waals surface area contributed by atoms with Gasteiger partial charge in [0, 0.05) is 50.5 Å². The largest absolute Gasteiger partial charge is 0.482 e. The zero-order chi connectivity index (χ0) is 30.4. The lowest BCUT2D eigenvalue weighted by Crippen LogP contribution is -2.30. The van der Waals surface area contributed by atoms with Crippen molar-refractivity contribution in [3.05, 3.63) is 157 Å². The standard InChI is InChI=1S/C43H30N2O/c1-43-25-24-30(27-36(43)33-15-7-10-21-41(33)46-43)45-37-18-8-5-14-32(37)35-26-28(22-23-39(35)45)31-17-11-20-40-42(31)34-16-6-9-19-38(34)44(40)29-12-3-2-4-13-29/h2-24,26-27H,25H2,1H3. The Bertz CT molecular complexity index is 2600. The lowest BCUT2D eigenvalue weighted by atomic mass is 9.85. The van der Waals surface area contributed by atoms with Gasteiger partial charge in [-0.1, -0.05) is 97.1 Å². The van der Waals surface area contributed by atoms with Gasteiger partial charge in [-0.15, -0.1) is 0 Å². The van der Waals surface area contributed by atoms with Crippen molar-refractivity contribution in [2.45, 2.75) is 18.9 Å². The van der Waals surface area contributed by atoms with Crippen molar-refractivity contribution in [1.29, 1.82) is 0 Å². The Hall–Kier alpha value is -5.80. The first kappa shape index (κ1) is 25.5. The van der Waals surface area contributed by atoms with Crippen LogP contribution in [0.4, 0.5) is 0 Å². The highest BCUT2D eigenvalue weighted by Gasteiger charge is 2.41. The molecule has 0 spiro atoms. The van der Waals surface area contributed by atoms with E-state index in [1.807, 2.05) is 0 Å². The van der Waals surface area contributed by atoms with Gasteiger partial charge in [0.1, 0.15) is 11.4 Å². The molecular weight excluding hydrogens is 560 g/mol. The Morgan fingerprint density at radius 3 is 2.11 bits per heavy atom. The first-order valence-corrected chi connectivity index (χ1v) is 16.0. The molecule has 6 aromatic carbocycles. The normalized spacial score (nSPS) is 17.2. The van der Waals surface area contributed by atoms with E-state index in [0.29, 0.717) is 0 Å². The van der Waals surface area contributed by atoms with Gasteiger partial charge < -0.3 is 13.9 Å².